The van der Waals surface area contributed by atoms with E-state index in [0.717, 1.165) is 13.0 Å². The minimum absolute atomic E-state index is 0.0811. The van der Waals surface area contributed by atoms with Crippen LogP contribution in [0.3, 0.4) is 0 Å². The van der Waals surface area contributed by atoms with E-state index in [1.165, 1.54) is 0 Å². The molecule has 3 nitrogen and oxygen atoms in total. The third-order valence-electron chi connectivity index (χ3n) is 4.73. The summed E-state index contributed by atoms with van der Waals surface area (Å²) in [5.74, 6) is 1.97. The second-order valence-corrected chi connectivity index (χ2v) is 7.14. The third-order valence-corrected chi connectivity index (χ3v) is 4.73. The van der Waals surface area contributed by atoms with Crippen molar-refractivity contribution in [2.45, 2.75) is 60.4 Å². The molecule has 19 heavy (non-hydrogen) atoms. The molecule has 1 fully saturated rings. The van der Waals surface area contributed by atoms with Crippen molar-refractivity contribution in [2.24, 2.45) is 23.7 Å². The van der Waals surface area contributed by atoms with Gasteiger partial charge in [0.2, 0.25) is 0 Å². The summed E-state index contributed by atoms with van der Waals surface area (Å²) in [4.78, 5) is 14.3. The van der Waals surface area contributed by atoms with Crippen molar-refractivity contribution < 1.29 is 9.53 Å². The first-order valence-corrected chi connectivity index (χ1v) is 7.65. The maximum absolute atomic E-state index is 12.3. The molecule has 1 aliphatic heterocycles. The molecule has 1 unspecified atom stereocenters. The predicted molar refractivity (Wildman–Crippen MR) is 79.1 cm³/mol. The summed E-state index contributed by atoms with van der Waals surface area (Å²) in [6, 6.07) is 0. The molecule has 1 amide bonds. The van der Waals surface area contributed by atoms with Crippen molar-refractivity contribution in [1.82, 2.24) is 4.90 Å². The average Bonchev–Trinajstić information content (AvgIpc) is 2.65. The summed E-state index contributed by atoms with van der Waals surface area (Å²) in [6.07, 6.45) is 0.955. The van der Waals surface area contributed by atoms with Crippen molar-refractivity contribution in [3.8, 4) is 0 Å². The number of carbonyl (C=O) groups excluding carboxylic acids is 1. The molecular weight excluding hydrogens is 238 g/mol. The maximum atomic E-state index is 12.3. The topological polar surface area (TPSA) is 29.5 Å². The van der Waals surface area contributed by atoms with Gasteiger partial charge in [-0.1, -0.05) is 41.5 Å². The second kappa shape index (κ2) is 6.15. The van der Waals surface area contributed by atoms with Crippen molar-refractivity contribution in [3.05, 3.63) is 0 Å². The van der Waals surface area contributed by atoms with Crippen LogP contribution in [-0.4, -0.2) is 29.7 Å². The number of likely N-dealkylation sites (tertiary alicyclic amines) is 1. The van der Waals surface area contributed by atoms with Gasteiger partial charge in [-0.3, -0.25) is 0 Å². The summed E-state index contributed by atoms with van der Waals surface area (Å²) in [5.41, 5.74) is -0.0811. The van der Waals surface area contributed by atoms with E-state index < -0.39 is 0 Å². The zero-order chi connectivity index (χ0) is 14.8. The van der Waals surface area contributed by atoms with Crippen LogP contribution in [0, 0.1) is 23.7 Å². The van der Waals surface area contributed by atoms with E-state index in [1.807, 2.05) is 4.90 Å². The molecule has 1 aliphatic rings. The smallest absolute Gasteiger partial charge is 0.410 e. The highest BCUT2D eigenvalue weighted by atomic mass is 16.6. The van der Waals surface area contributed by atoms with Gasteiger partial charge in [0, 0.05) is 12.1 Å². The average molecular weight is 269 g/mol. The molecule has 0 radical (unpaired) electrons. The molecule has 0 aromatic heterocycles. The molecule has 1 saturated heterocycles. The van der Waals surface area contributed by atoms with Crippen molar-refractivity contribution in [3.63, 3.8) is 0 Å². The molecule has 112 valence electrons. The van der Waals surface area contributed by atoms with Crippen molar-refractivity contribution in [2.75, 3.05) is 13.2 Å². The van der Waals surface area contributed by atoms with Crippen LogP contribution in [0.2, 0.25) is 0 Å². The van der Waals surface area contributed by atoms with Gasteiger partial charge in [0.25, 0.3) is 0 Å². The fraction of sp³-hybridized carbons (Fsp3) is 0.938. The lowest BCUT2D eigenvalue weighted by Crippen LogP contribution is -2.53. The summed E-state index contributed by atoms with van der Waals surface area (Å²) in [7, 11) is 0. The Balaban J connectivity index is 2.86. The molecule has 0 spiro atoms. The van der Waals surface area contributed by atoms with Crippen LogP contribution in [0.1, 0.15) is 54.9 Å². The first-order valence-electron chi connectivity index (χ1n) is 7.65. The summed E-state index contributed by atoms with van der Waals surface area (Å²) in [6.45, 7) is 16.6. The van der Waals surface area contributed by atoms with E-state index in [1.54, 1.807) is 0 Å². The molecule has 0 aromatic rings. The van der Waals surface area contributed by atoms with Gasteiger partial charge in [-0.2, -0.15) is 0 Å². The Bertz CT molecular complexity index is 312. The maximum Gasteiger partial charge on any atom is 0.410 e. The number of amides is 1. The van der Waals surface area contributed by atoms with Crippen LogP contribution in [-0.2, 0) is 4.74 Å². The summed E-state index contributed by atoms with van der Waals surface area (Å²) < 4.78 is 5.45. The lowest BCUT2D eigenvalue weighted by atomic mass is 9.72. The zero-order valence-electron chi connectivity index (χ0n) is 13.7. The highest BCUT2D eigenvalue weighted by molar-refractivity contribution is 5.69. The van der Waals surface area contributed by atoms with Gasteiger partial charge in [0.1, 0.15) is 0 Å². The molecule has 3 heteroatoms. The fourth-order valence-corrected chi connectivity index (χ4v) is 3.35. The number of carbonyl (C=O) groups is 1. The molecule has 2 atom stereocenters. The van der Waals surface area contributed by atoms with Crippen molar-refractivity contribution >= 4 is 6.09 Å². The van der Waals surface area contributed by atoms with Crippen LogP contribution in [0.5, 0.6) is 0 Å². The molecule has 1 rings (SSSR count). The Hall–Kier alpha value is -0.730. The minimum atomic E-state index is -0.131. The first-order chi connectivity index (χ1) is 8.71. The highest BCUT2D eigenvalue weighted by Gasteiger charge is 2.50. The standard InChI is InChI=1S/C16H31NO2/c1-11(2)10-19-15(18)17-9-8-14(12(3)4)16(17,7)13(5)6/h11-14H,8-10H2,1-7H3/t14?,16-/m0/s1. The van der Waals surface area contributed by atoms with Gasteiger partial charge in [0.05, 0.1) is 6.61 Å². The van der Waals surface area contributed by atoms with Crippen LogP contribution in [0.4, 0.5) is 4.79 Å². The second-order valence-electron chi connectivity index (χ2n) is 7.14. The third kappa shape index (κ3) is 3.24. The highest BCUT2D eigenvalue weighted by Crippen LogP contribution is 2.44. The number of ether oxygens (including phenoxy) is 1. The first kappa shape index (κ1) is 16.3. The van der Waals surface area contributed by atoms with Gasteiger partial charge >= 0.3 is 6.09 Å². The molecular formula is C16H31NO2. The van der Waals surface area contributed by atoms with Crippen LogP contribution in [0.25, 0.3) is 0 Å². The number of nitrogens with zero attached hydrogens (tertiary/aromatic N) is 1. The van der Waals surface area contributed by atoms with Gasteiger partial charge < -0.3 is 9.64 Å². The molecule has 1 heterocycles. The Kier molecular flexibility index (Phi) is 5.28. The molecule has 0 aliphatic carbocycles. The Morgan fingerprint density at radius 3 is 2.26 bits per heavy atom. The SMILES string of the molecule is CC(C)COC(=O)N1CCC(C(C)C)[C@]1(C)C(C)C. The minimum Gasteiger partial charge on any atom is -0.449 e. The molecule has 0 saturated carbocycles. The van der Waals surface area contributed by atoms with Crippen LogP contribution >= 0.6 is 0 Å². The number of rotatable bonds is 4. The molecule has 0 N–H and O–H groups in total. The van der Waals surface area contributed by atoms with E-state index in [9.17, 15) is 4.79 Å². The van der Waals surface area contributed by atoms with Crippen LogP contribution in [0.15, 0.2) is 0 Å². The number of hydrogen-bond acceptors (Lipinski definition) is 2. The zero-order valence-corrected chi connectivity index (χ0v) is 13.7. The van der Waals surface area contributed by atoms with E-state index in [0.29, 0.717) is 30.3 Å². The van der Waals surface area contributed by atoms with Crippen molar-refractivity contribution in [1.29, 1.82) is 0 Å². The monoisotopic (exact) mass is 269 g/mol. The lowest BCUT2D eigenvalue weighted by molar-refractivity contribution is 0.0284. The van der Waals surface area contributed by atoms with E-state index in [-0.39, 0.29) is 11.6 Å². The Morgan fingerprint density at radius 2 is 1.84 bits per heavy atom. The fourth-order valence-electron chi connectivity index (χ4n) is 3.35. The largest absolute Gasteiger partial charge is 0.449 e. The molecule has 0 aromatic carbocycles. The van der Waals surface area contributed by atoms with Crippen LogP contribution < -0.4 is 0 Å². The summed E-state index contributed by atoms with van der Waals surface area (Å²) >= 11 is 0. The Morgan fingerprint density at radius 1 is 1.26 bits per heavy atom. The van der Waals surface area contributed by atoms with Gasteiger partial charge in [-0.15, -0.1) is 0 Å². The normalized spacial score (nSPS) is 27.7. The quantitative estimate of drug-likeness (QED) is 0.766. The Labute approximate surface area is 118 Å². The number of hydrogen-bond donors (Lipinski definition) is 0. The lowest BCUT2D eigenvalue weighted by Gasteiger charge is -2.43. The van der Waals surface area contributed by atoms with E-state index in [2.05, 4.69) is 48.5 Å². The summed E-state index contributed by atoms with van der Waals surface area (Å²) in [5, 5.41) is 0. The molecule has 0 bridgehead atoms. The van der Waals surface area contributed by atoms with E-state index in [4.69, 9.17) is 4.74 Å². The van der Waals surface area contributed by atoms with Gasteiger partial charge in [-0.25, -0.2) is 4.79 Å². The van der Waals surface area contributed by atoms with E-state index >= 15 is 0 Å². The van der Waals surface area contributed by atoms with Gasteiger partial charge in [0.15, 0.2) is 0 Å². The van der Waals surface area contributed by atoms with Gasteiger partial charge in [-0.05, 0) is 37.0 Å². The predicted octanol–water partition coefficient (Wildman–Crippen LogP) is 4.17.